The molecule has 0 radical (unpaired) electrons. The Balaban J connectivity index is 2.18. The van der Waals surface area contributed by atoms with Crippen LogP contribution in [0.4, 0.5) is 4.39 Å². The smallest absolute Gasteiger partial charge is 0.227 e. The van der Waals surface area contributed by atoms with Gasteiger partial charge in [0.15, 0.2) is 0 Å². The molecule has 0 aliphatic heterocycles. The third-order valence-electron chi connectivity index (χ3n) is 2.45. The van der Waals surface area contributed by atoms with E-state index >= 15 is 0 Å². The maximum atomic E-state index is 13.0. The van der Waals surface area contributed by atoms with E-state index in [0.29, 0.717) is 28.2 Å². The van der Waals surface area contributed by atoms with E-state index in [0.717, 1.165) is 6.42 Å². The number of nitrogens with two attached hydrogens (primary N) is 1. The maximum absolute atomic E-state index is 13.0. The third-order valence-corrected chi connectivity index (χ3v) is 3.11. The zero-order valence-electron chi connectivity index (χ0n) is 9.86. The quantitative estimate of drug-likeness (QED) is 0.942. The summed E-state index contributed by atoms with van der Waals surface area (Å²) in [5.41, 5.74) is 6.36. The monoisotopic (exact) mass is 313 g/mol. The van der Waals surface area contributed by atoms with Gasteiger partial charge in [0, 0.05) is 22.5 Å². The lowest BCUT2D eigenvalue weighted by molar-refractivity contribution is 0.372. The SMILES string of the molecule is CC(N)CCc1nc(-c2ccc(F)cc2Br)no1. The van der Waals surface area contributed by atoms with Gasteiger partial charge in [-0.05, 0) is 47.5 Å². The van der Waals surface area contributed by atoms with Crippen LogP contribution in [-0.2, 0) is 6.42 Å². The average molecular weight is 314 g/mol. The fourth-order valence-corrected chi connectivity index (χ4v) is 2.02. The van der Waals surface area contributed by atoms with Crippen LogP contribution in [0.3, 0.4) is 0 Å². The number of benzene rings is 1. The fraction of sp³-hybridized carbons (Fsp3) is 0.333. The summed E-state index contributed by atoms with van der Waals surface area (Å²) in [6.07, 6.45) is 1.43. The summed E-state index contributed by atoms with van der Waals surface area (Å²) < 4.78 is 18.7. The van der Waals surface area contributed by atoms with Crippen molar-refractivity contribution in [3.05, 3.63) is 34.4 Å². The van der Waals surface area contributed by atoms with E-state index in [4.69, 9.17) is 10.3 Å². The predicted octanol–water partition coefficient (Wildman–Crippen LogP) is 2.92. The molecule has 1 unspecified atom stereocenters. The maximum Gasteiger partial charge on any atom is 0.227 e. The lowest BCUT2D eigenvalue weighted by atomic mass is 10.2. The number of hydrogen-bond acceptors (Lipinski definition) is 4. The second-order valence-corrected chi connectivity index (χ2v) is 5.01. The van der Waals surface area contributed by atoms with Gasteiger partial charge >= 0.3 is 0 Å². The molecule has 2 rings (SSSR count). The van der Waals surface area contributed by atoms with Gasteiger partial charge in [0.05, 0.1) is 0 Å². The number of nitrogens with zero attached hydrogens (tertiary/aromatic N) is 2. The van der Waals surface area contributed by atoms with Gasteiger partial charge in [0.2, 0.25) is 11.7 Å². The first-order valence-corrected chi connectivity index (χ1v) is 6.39. The Morgan fingerprint density at radius 3 is 2.94 bits per heavy atom. The second-order valence-electron chi connectivity index (χ2n) is 4.15. The Labute approximate surface area is 113 Å². The molecule has 2 N–H and O–H groups in total. The molecule has 0 saturated heterocycles. The third kappa shape index (κ3) is 3.14. The summed E-state index contributed by atoms with van der Waals surface area (Å²) >= 11 is 3.27. The van der Waals surface area contributed by atoms with Gasteiger partial charge in [-0.25, -0.2) is 4.39 Å². The van der Waals surface area contributed by atoms with Crippen LogP contribution in [-0.4, -0.2) is 16.2 Å². The van der Waals surface area contributed by atoms with Crippen molar-refractivity contribution < 1.29 is 8.91 Å². The van der Waals surface area contributed by atoms with E-state index in [9.17, 15) is 4.39 Å². The van der Waals surface area contributed by atoms with Crippen molar-refractivity contribution >= 4 is 15.9 Å². The van der Waals surface area contributed by atoms with E-state index in [2.05, 4.69) is 26.1 Å². The highest BCUT2D eigenvalue weighted by Gasteiger charge is 2.12. The molecule has 0 fully saturated rings. The van der Waals surface area contributed by atoms with Crippen molar-refractivity contribution in [3.8, 4) is 11.4 Å². The predicted molar refractivity (Wildman–Crippen MR) is 69.4 cm³/mol. The van der Waals surface area contributed by atoms with Gasteiger partial charge in [-0.15, -0.1) is 0 Å². The molecule has 0 bridgehead atoms. The van der Waals surface area contributed by atoms with Gasteiger partial charge in [-0.2, -0.15) is 4.98 Å². The molecule has 1 aromatic heterocycles. The summed E-state index contributed by atoms with van der Waals surface area (Å²) in [7, 11) is 0. The lowest BCUT2D eigenvalue weighted by Gasteiger charge is -1.99. The molecule has 0 saturated carbocycles. The Kier molecular flexibility index (Phi) is 4.08. The number of rotatable bonds is 4. The summed E-state index contributed by atoms with van der Waals surface area (Å²) in [6, 6.07) is 4.43. The molecule has 0 spiro atoms. The van der Waals surface area contributed by atoms with Crippen LogP contribution >= 0.6 is 15.9 Å². The van der Waals surface area contributed by atoms with E-state index in [1.165, 1.54) is 12.1 Å². The molecule has 0 amide bonds. The Morgan fingerprint density at radius 2 is 2.28 bits per heavy atom. The van der Waals surface area contributed by atoms with E-state index in [-0.39, 0.29) is 11.9 Å². The fourth-order valence-electron chi connectivity index (χ4n) is 1.49. The molecule has 0 aliphatic rings. The van der Waals surface area contributed by atoms with Gasteiger partial charge in [0.1, 0.15) is 5.82 Å². The van der Waals surface area contributed by atoms with E-state index in [1.54, 1.807) is 6.07 Å². The van der Waals surface area contributed by atoms with Crippen molar-refractivity contribution in [2.24, 2.45) is 5.73 Å². The van der Waals surface area contributed by atoms with Crippen molar-refractivity contribution in [1.82, 2.24) is 10.1 Å². The average Bonchev–Trinajstić information content (AvgIpc) is 2.75. The Hall–Kier alpha value is -1.27. The van der Waals surface area contributed by atoms with Crippen LogP contribution in [0.25, 0.3) is 11.4 Å². The Bertz CT molecular complexity index is 542. The first kappa shape index (κ1) is 13.2. The van der Waals surface area contributed by atoms with Crippen LogP contribution in [0.2, 0.25) is 0 Å². The highest BCUT2D eigenvalue weighted by Crippen LogP contribution is 2.26. The van der Waals surface area contributed by atoms with Crippen LogP contribution in [0, 0.1) is 5.82 Å². The highest BCUT2D eigenvalue weighted by atomic mass is 79.9. The zero-order chi connectivity index (χ0) is 13.1. The highest BCUT2D eigenvalue weighted by molar-refractivity contribution is 9.10. The van der Waals surface area contributed by atoms with Crippen LogP contribution in [0.1, 0.15) is 19.2 Å². The number of halogens is 2. The van der Waals surface area contributed by atoms with E-state index in [1.807, 2.05) is 6.92 Å². The van der Waals surface area contributed by atoms with Gasteiger partial charge in [-0.3, -0.25) is 0 Å². The summed E-state index contributed by atoms with van der Waals surface area (Å²) in [6.45, 7) is 1.92. The number of aromatic nitrogens is 2. The molecule has 2 aromatic rings. The van der Waals surface area contributed by atoms with Gasteiger partial charge < -0.3 is 10.3 Å². The standard InChI is InChI=1S/C12H13BrFN3O/c1-7(15)2-5-11-16-12(17-18-11)9-4-3-8(14)6-10(9)13/h3-4,6-7H,2,5,15H2,1H3. The minimum atomic E-state index is -0.314. The topological polar surface area (TPSA) is 64.9 Å². The van der Waals surface area contributed by atoms with Crippen LogP contribution < -0.4 is 5.73 Å². The first-order chi connectivity index (χ1) is 8.56. The van der Waals surface area contributed by atoms with Crippen molar-refractivity contribution in [2.45, 2.75) is 25.8 Å². The molecule has 1 atom stereocenters. The molecule has 1 heterocycles. The summed E-state index contributed by atoms with van der Waals surface area (Å²) in [5.74, 6) is 0.673. The minimum absolute atomic E-state index is 0.0953. The zero-order valence-corrected chi connectivity index (χ0v) is 11.4. The van der Waals surface area contributed by atoms with Gasteiger partial charge in [0.25, 0.3) is 0 Å². The molecule has 0 aliphatic carbocycles. The van der Waals surface area contributed by atoms with Crippen molar-refractivity contribution in [1.29, 1.82) is 0 Å². The molecule has 96 valence electrons. The number of aryl methyl sites for hydroxylation is 1. The normalized spacial score (nSPS) is 12.7. The first-order valence-electron chi connectivity index (χ1n) is 5.60. The number of hydrogen-bond donors (Lipinski definition) is 1. The van der Waals surface area contributed by atoms with Gasteiger partial charge in [-0.1, -0.05) is 5.16 Å². The second kappa shape index (κ2) is 5.58. The summed E-state index contributed by atoms with van der Waals surface area (Å²) in [5, 5.41) is 3.88. The molecule has 18 heavy (non-hydrogen) atoms. The summed E-state index contributed by atoms with van der Waals surface area (Å²) in [4.78, 5) is 4.26. The van der Waals surface area contributed by atoms with Crippen molar-refractivity contribution in [3.63, 3.8) is 0 Å². The van der Waals surface area contributed by atoms with Crippen molar-refractivity contribution in [2.75, 3.05) is 0 Å². The van der Waals surface area contributed by atoms with Crippen LogP contribution in [0.5, 0.6) is 0 Å². The van der Waals surface area contributed by atoms with E-state index < -0.39 is 0 Å². The largest absolute Gasteiger partial charge is 0.339 e. The molecular weight excluding hydrogens is 301 g/mol. The molecule has 6 heteroatoms. The van der Waals surface area contributed by atoms with Crippen LogP contribution in [0.15, 0.2) is 27.2 Å². The minimum Gasteiger partial charge on any atom is -0.339 e. The Morgan fingerprint density at radius 1 is 1.50 bits per heavy atom. The lowest BCUT2D eigenvalue weighted by Crippen LogP contribution is -2.15. The molecule has 4 nitrogen and oxygen atoms in total. The molecular formula is C12H13BrFN3O. The molecule has 1 aromatic carbocycles.